The Hall–Kier alpha value is -3.78. The van der Waals surface area contributed by atoms with Crippen LogP contribution in [0.4, 0.5) is 11.5 Å². The van der Waals surface area contributed by atoms with Crippen LogP contribution >= 0.6 is 11.6 Å². The first-order valence-electron chi connectivity index (χ1n) is 10.7. The molecule has 4 rings (SSSR count). The highest BCUT2D eigenvalue weighted by molar-refractivity contribution is 6.34. The molecule has 1 N–H and O–H groups in total. The van der Waals surface area contributed by atoms with Gasteiger partial charge in [-0.15, -0.1) is 0 Å². The summed E-state index contributed by atoms with van der Waals surface area (Å²) in [5, 5.41) is 14.6. The minimum absolute atomic E-state index is 0.0581. The number of aromatic nitrogens is 1. The third-order valence-corrected chi connectivity index (χ3v) is 6.22. The number of hydrogen-bond acceptors (Lipinski definition) is 6. The first-order chi connectivity index (χ1) is 16.3. The number of methoxy groups -OCH3 is 1. The van der Waals surface area contributed by atoms with E-state index < -0.39 is 10.9 Å². The molecule has 9 heteroatoms. The Labute approximate surface area is 201 Å². The fourth-order valence-corrected chi connectivity index (χ4v) is 3.94. The molecule has 1 heterocycles. The van der Waals surface area contributed by atoms with E-state index in [-0.39, 0.29) is 46.0 Å². The van der Waals surface area contributed by atoms with Gasteiger partial charge in [-0.2, -0.15) is 0 Å². The van der Waals surface area contributed by atoms with Gasteiger partial charge in [0.1, 0.15) is 5.69 Å². The van der Waals surface area contributed by atoms with Crippen molar-refractivity contribution in [2.45, 2.75) is 26.2 Å². The number of carbonyl (C=O) groups excluding carboxylic acids is 2. The zero-order chi connectivity index (χ0) is 24.4. The molecule has 0 atom stereocenters. The average molecular weight is 480 g/mol. The molecule has 0 aliphatic heterocycles. The van der Waals surface area contributed by atoms with Crippen LogP contribution in [0.5, 0.6) is 0 Å². The van der Waals surface area contributed by atoms with Gasteiger partial charge in [-0.25, -0.2) is 9.78 Å². The molecule has 1 aromatic heterocycles. The summed E-state index contributed by atoms with van der Waals surface area (Å²) in [7, 11) is 1.33. The zero-order valence-electron chi connectivity index (χ0n) is 18.6. The smallest absolute Gasteiger partial charge is 0.338 e. The Morgan fingerprint density at radius 3 is 2.47 bits per heavy atom. The second kappa shape index (κ2) is 9.61. The van der Waals surface area contributed by atoms with Gasteiger partial charge < -0.3 is 10.1 Å². The molecular weight excluding hydrogens is 458 g/mol. The molecule has 8 nitrogen and oxygen atoms in total. The van der Waals surface area contributed by atoms with Gasteiger partial charge in [-0.3, -0.25) is 14.9 Å². The number of esters is 1. The number of nitro groups is 1. The number of halogens is 1. The van der Waals surface area contributed by atoms with Gasteiger partial charge in [0, 0.05) is 12.3 Å². The predicted octanol–water partition coefficient (Wildman–Crippen LogP) is 5.34. The largest absolute Gasteiger partial charge is 0.465 e. The van der Waals surface area contributed by atoms with Crippen molar-refractivity contribution in [2.24, 2.45) is 5.92 Å². The van der Waals surface area contributed by atoms with E-state index in [1.807, 2.05) is 36.4 Å². The number of ether oxygens (including phenoxy) is 1. The SMILES string of the molecule is COC(=O)c1ccccc1-c1ccc(Cc2nc(NC(=O)C3CC3)c(Cl)c(C)c2[N+](=O)[O-])cc1. The van der Waals surface area contributed by atoms with Crippen molar-refractivity contribution in [3.05, 3.63) is 86.1 Å². The maximum absolute atomic E-state index is 12.2. The topological polar surface area (TPSA) is 111 Å². The van der Waals surface area contributed by atoms with E-state index in [0.717, 1.165) is 29.5 Å². The van der Waals surface area contributed by atoms with Gasteiger partial charge in [0.15, 0.2) is 5.82 Å². The van der Waals surface area contributed by atoms with Crippen molar-refractivity contribution in [1.29, 1.82) is 0 Å². The van der Waals surface area contributed by atoms with Crippen molar-refractivity contribution in [3.8, 4) is 11.1 Å². The van der Waals surface area contributed by atoms with E-state index in [1.165, 1.54) is 7.11 Å². The summed E-state index contributed by atoms with van der Waals surface area (Å²) in [6.07, 6.45) is 1.79. The van der Waals surface area contributed by atoms with Crippen LogP contribution in [0.3, 0.4) is 0 Å². The lowest BCUT2D eigenvalue weighted by Crippen LogP contribution is -2.16. The van der Waals surface area contributed by atoms with Gasteiger partial charge in [0.2, 0.25) is 5.91 Å². The van der Waals surface area contributed by atoms with Gasteiger partial charge >= 0.3 is 5.97 Å². The number of nitrogens with zero attached hydrogens (tertiary/aromatic N) is 2. The van der Waals surface area contributed by atoms with Crippen molar-refractivity contribution in [1.82, 2.24) is 4.98 Å². The summed E-state index contributed by atoms with van der Waals surface area (Å²) in [6, 6.07) is 14.4. The Morgan fingerprint density at radius 2 is 1.85 bits per heavy atom. The van der Waals surface area contributed by atoms with Gasteiger partial charge in [-0.05, 0) is 42.5 Å². The van der Waals surface area contributed by atoms with E-state index in [4.69, 9.17) is 16.3 Å². The molecule has 1 fully saturated rings. The summed E-state index contributed by atoms with van der Waals surface area (Å²) >= 11 is 6.31. The summed E-state index contributed by atoms with van der Waals surface area (Å²) in [5.41, 5.74) is 3.03. The molecule has 1 amide bonds. The van der Waals surface area contributed by atoms with Crippen LogP contribution in [0.15, 0.2) is 48.5 Å². The zero-order valence-corrected chi connectivity index (χ0v) is 19.4. The van der Waals surface area contributed by atoms with E-state index in [0.29, 0.717) is 5.56 Å². The van der Waals surface area contributed by atoms with Crippen molar-refractivity contribution < 1.29 is 19.2 Å². The first-order valence-corrected chi connectivity index (χ1v) is 11.1. The van der Waals surface area contributed by atoms with E-state index in [9.17, 15) is 19.7 Å². The normalized spacial score (nSPS) is 12.8. The van der Waals surface area contributed by atoms with Crippen LogP contribution in [-0.4, -0.2) is 28.9 Å². The first kappa shape index (κ1) is 23.4. The Morgan fingerprint density at radius 1 is 1.18 bits per heavy atom. The summed E-state index contributed by atoms with van der Waals surface area (Å²) in [4.78, 5) is 40.0. The molecule has 1 aliphatic carbocycles. The molecule has 0 bridgehead atoms. The second-order valence-corrected chi connectivity index (χ2v) is 8.50. The minimum Gasteiger partial charge on any atom is -0.465 e. The van der Waals surface area contributed by atoms with Crippen LogP contribution in [0.2, 0.25) is 5.02 Å². The highest BCUT2D eigenvalue weighted by atomic mass is 35.5. The molecule has 34 heavy (non-hydrogen) atoms. The van der Waals surface area contributed by atoms with Gasteiger partial charge in [-0.1, -0.05) is 54.1 Å². The third kappa shape index (κ3) is 4.77. The summed E-state index contributed by atoms with van der Waals surface area (Å²) in [5.74, 6) is -0.531. The number of pyridine rings is 1. The van der Waals surface area contributed by atoms with Crippen molar-refractivity contribution >= 4 is 35.0 Å². The number of benzene rings is 2. The maximum Gasteiger partial charge on any atom is 0.338 e. The number of amides is 1. The van der Waals surface area contributed by atoms with E-state index >= 15 is 0 Å². The van der Waals surface area contributed by atoms with Crippen LogP contribution in [0.1, 0.15) is 40.0 Å². The predicted molar refractivity (Wildman–Crippen MR) is 128 cm³/mol. The number of anilines is 1. The summed E-state index contributed by atoms with van der Waals surface area (Å²) < 4.78 is 4.86. The Bertz CT molecular complexity index is 1290. The van der Waals surface area contributed by atoms with Gasteiger partial charge in [0.05, 0.1) is 28.2 Å². The molecule has 0 unspecified atom stereocenters. The second-order valence-electron chi connectivity index (χ2n) is 8.13. The molecule has 1 saturated carbocycles. The quantitative estimate of drug-likeness (QED) is 0.278. The van der Waals surface area contributed by atoms with E-state index in [2.05, 4.69) is 10.3 Å². The number of rotatable bonds is 7. The molecule has 2 aromatic carbocycles. The Balaban J connectivity index is 1.66. The Kier molecular flexibility index (Phi) is 6.61. The van der Waals surface area contributed by atoms with Crippen LogP contribution in [-0.2, 0) is 16.0 Å². The number of hydrogen-bond donors (Lipinski definition) is 1. The summed E-state index contributed by atoms with van der Waals surface area (Å²) in [6.45, 7) is 1.55. The fraction of sp³-hybridized carbons (Fsp3) is 0.240. The standard InChI is InChI=1S/C25H22ClN3O5/c1-14-21(26)23(28-24(30)17-11-12-17)27-20(22(14)29(32)33)13-15-7-9-16(10-8-15)18-5-3-4-6-19(18)25(31)34-2/h3-10,17H,11-13H2,1-2H3,(H,27,28,30). The number of nitrogens with one attached hydrogen (secondary N) is 1. The molecule has 0 spiro atoms. The van der Waals surface area contributed by atoms with E-state index in [1.54, 1.807) is 19.1 Å². The monoisotopic (exact) mass is 479 g/mol. The van der Waals surface area contributed by atoms with Crippen molar-refractivity contribution in [2.75, 3.05) is 12.4 Å². The molecule has 0 radical (unpaired) electrons. The lowest BCUT2D eigenvalue weighted by atomic mass is 9.97. The van der Waals surface area contributed by atoms with Crippen molar-refractivity contribution in [3.63, 3.8) is 0 Å². The minimum atomic E-state index is -0.503. The van der Waals surface area contributed by atoms with Crippen LogP contribution in [0.25, 0.3) is 11.1 Å². The van der Waals surface area contributed by atoms with Crippen LogP contribution in [0, 0.1) is 23.0 Å². The molecule has 3 aromatic rings. The number of carbonyl (C=O) groups is 2. The lowest BCUT2D eigenvalue weighted by molar-refractivity contribution is -0.386. The molecular formula is C25H22ClN3O5. The fourth-order valence-electron chi connectivity index (χ4n) is 3.77. The molecule has 1 aliphatic rings. The molecule has 0 saturated heterocycles. The van der Waals surface area contributed by atoms with Crippen LogP contribution < -0.4 is 5.32 Å². The highest BCUT2D eigenvalue weighted by Crippen LogP contribution is 2.36. The third-order valence-electron chi connectivity index (χ3n) is 5.75. The van der Waals surface area contributed by atoms with Gasteiger partial charge in [0.25, 0.3) is 5.69 Å². The highest BCUT2D eigenvalue weighted by Gasteiger charge is 2.32. The maximum atomic E-state index is 12.2. The molecule has 174 valence electrons. The average Bonchev–Trinajstić information content (AvgIpc) is 3.68. The lowest BCUT2D eigenvalue weighted by Gasteiger charge is -2.13.